The molecule has 3 aromatic carbocycles. The number of likely N-dealkylation sites (N-methyl/N-ethyl adjacent to an activating group) is 1. The van der Waals surface area contributed by atoms with Crippen molar-refractivity contribution in [3.8, 4) is 0 Å². The summed E-state index contributed by atoms with van der Waals surface area (Å²) in [5, 5.41) is 5.24. The number of hydrogen-bond acceptors (Lipinski definition) is 3. The molecule has 7 heteroatoms. The van der Waals surface area contributed by atoms with E-state index in [4.69, 9.17) is 11.6 Å². The van der Waals surface area contributed by atoms with E-state index in [-0.39, 0.29) is 30.8 Å². The third kappa shape index (κ3) is 4.44. The third-order valence-electron chi connectivity index (χ3n) is 5.95. The van der Waals surface area contributed by atoms with Gasteiger partial charge in [-0.05, 0) is 48.6 Å². The van der Waals surface area contributed by atoms with Gasteiger partial charge in [-0.1, -0.05) is 54.9 Å². The zero-order valence-electron chi connectivity index (χ0n) is 18.7. The molecule has 0 bridgehead atoms. The molecule has 0 aromatic heterocycles. The molecule has 0 fully saturated rings. The van der Waals surface area contributed by atoms with Crippen LogP contribution in [-0.4, -0.2) is 41.8 Å². The van der Waals surface area contributed by atoms with Crippen LogP contribution in [0.3, 0.4) is 0 Å². The Balaban J connectivity index is 1.65. The summed E-state index contributed by atoms with van der Waals surface area (Å²) in [6.07, 6.45) is 0.453. The van der Waals surface area contributed by atoms with Gasteiger partial charge in [0, 0.05) is 29.1 Å². The lowest BCUT2D eigenvalue weighted by Gasteiger charge is -2.32. The van der Waals surface area contributed by atoms with Crippen molar-refractivity contribution in [2.45, 2.75) is 32.9 Å². The number of nitrogens with zero attached hydrogens (tertiary/aromatic N) is 2. The highest BCUT2D eigenvalue weighted by Crippen LogP contribution is 2.37. The van der Waals surface area contributed by atoms with E-state index in [9.17, 15) is 14.4 Å². The first kappa shape index (κ1) is 22.8. The lowest BCUT2D eigenvalue weighted by molar-refractivity contribution is -0.140. The minimum Gasteiger partial charge on any atom is -0.355 e. The van der Waals surface area contributed by atoms with Crippen molar-refractivity contribution in [2.24, 2.45) is 0 Å². The van der Waals surface area contributed by atoms with Gasteiger partial charge in [-0.3, -0.25) is 19.3 Å². The van der Waals surface area contributed by atoms with Gasteiger partial charge in [-0.2, -0.15) is 0 Å². The van der Waals surface area contributed by atoms with Crippen LogP contribution in [0.25, 0.3) is 10.8 Å². The number of carbonyl (C=O) groups is 3. The van der Waals surface area contributed by atoms with Crippen molar-refractivity contribution in [1.29, 1.82) is 0 Å². The zero-order valence-corrected chi connectivity index (χ0v) is 19.4. The summed E-state index contributed by atoms with van der Waals surface area (Å²) in [4.78, 5) is 42.7. The van der Waals surface area contributed by atoms with Crippen LogP contribution in [0.2, 0.25) is 5.02 Å². The Morgan fingerprint density at radius 1 is 1.03 bits per heavy atom. The van der Waals surface area contributed by atoms with Crippen LogP contribution >= 0.6 is 11.6 Å². The number of hydrogen-bond donors (Lipinski definition) is 1. The van der Waals surface area contributed by atoms with E-state index in [1.54, 1.807) is 23.1 Å². The van der Waals surface area contributed by atoms with Crippen molar-refractivity contribution < 1.29 is 14.4 Å². The van der Waals surface area contributed by atoms with Crippen LogP contribution in [0.1, 0.15) is 36.2 Å². The Hall–Kier alpha value is -3.38. The molecular formula is C26H26ClN3O3. The Bertz CT molecular complexity index is 1200. The van der Waals surface area contributed by atoms with Crippen molar-refractivity contribution in [3.05, 3.63) is 76.8 Å². The summed E-state index contributed by atoms with van der Waals surface area (Å²) in [5.41, 5.74) is 2.17. The van der Waals surface area contributed by atoms with Gasteiger partial charge in [0.2, 0.25) is 11.8 Å². The monoisotopic (exact) mass is 463 g/mol. The molecule has 6 nitrogen and oxygen atoms in total. The molecule has 0 spiro atoms. The first-order chi connectivity index (χ1) is 15.9. The molecular weight excluding hydrogens is 438 g/mol. The number of benzene rings is 3. The molecule has 0 saturated carbocycles. The maximum atomic E-state index is 13.6. The maximum absolute atomic E-state index is 13.6. The maximum Gasteiger partial charge on any atom is 0.259 e. The molecule has 0 saturated heterocycles. The molecule has 1 aliphatic heterocycles. The highest BCUT2D eigenvalue weighted by Gasteiger charge is 2.34. The molecule has 4 rings (SSSR count). The first-order valence-corrected chi connectivity index (χ1v) is 11.5. The predicted molar refractivity (Wildman–Crippen MR) is 130 cm³/mol. The van der Waals surface area contributed by atoms with E-state index >= 15 is 0 Å². The van der Waals surface area contributed by atoms with Crippen LogP contribution in [0.4, 0.5) is 5.69 Å². The minimum atomic E-state index is -0.649. The molecule has 0 aliphatic carbocycles. The summed E-state index contributed by atoms with van der Waals surface area (Å²) >= 11 is 6.02. The first-order valence-electron chi connectivity index (χ1n) is 11.1. The van der Waals surface area contributed by atoms with E-state index in [0.29, 0.717) is 23.6 Å². The van der Waals surface area contributed by atoms with Gasteiger partial charge in [0.1, 0.15) is 12.6 Å². The van der Waals surface area contributed by atoms with Crippen LogP contribution in [0, 0.1) is 0 Å². The lowest BCUT2D eigenvalue weighted by atomic mass is 10.1. The number of rotatable bonds is 8. The SMILES string of the molecule is CCNC(=O)[C@@H](CC)N(Cc1ccc(Cl)cc1)C(=O)CN1C(=O)c2cccc3cccc1c23. The third-order valence-corrected chi connectivity index (χ3v) is 6.20. The topological polar surface area (TPSA) is 69.7 Å². The van der Waals surface area contributed by atoms with Gasteiger partial charge >= 0.3 is 0 Å². The average molecular weight is 464 g/mol. The molecule has 1 atom stereocenters. The van der Waals surface area contributed by atoms with Crippen LogP contribution in [0.5, 0.6) is 0 Å². The van der Waals surface area contributed by atoms with Crippen molar-refractivity contribution in [1.82, 2.24) is 10.2 Å². The Morgan fingerprint density at radius 3 is 2.39 bits per heavy atom. The summed E-state index contributed by atoms with van der Waals surface area (Å²) < 4.78 is 0. The van der Waals surface area contributed by atoms with Crippen molar-refractivity contribution in [2.75, 3.05) is 18.0 Å². The highest BCUT2D eigenvalue weighted by atomic mass is 35.5. The van der Waals surface area contributed by atoms with Gasteiger partial charge in [0.25, 0.3) is 5.91 Å². The van der Waals surface area contributed by atoms with Crippen molar-refractivity contribution in [3.63, 3.8) is 0 Å². The predicted octanol–water partition coefficient (Wildman–Crippen LogP) is 4.40. The second-order valence-electron chi connectivity index (χ2n) is 8.04. The Kier molecular flexibility index (Phi) is 6.65. The molecule has 1 N–H and O–H groups in total. The van der Waals surface area contributed by atoms with Gasteiger partial charge in [0.15, 0.2) is 0 Å². The molecule has 33 heavy (non-hydrogen) atoms. The second kappa shape index (κ2) is 9.63. The number of carbonyl (C=O) groups excluding carboxylic acids is 3. The van der Waals surface area contributed by atoms with E-state index < -0.39 is 6.04 Å². The van der Waals surface area contributed by atoms with Gasteiger partial charge in [-0.25, -0.2) is 0 Å². The number of amides is 3. The van der Waals surface area contributed by atoms with E-state index in [1.807, 2.05) is 56.3 Å². The quantitative estimate of drug-likeness (QED) is 0.538. The summed E-state index contributed by atoms with van der Waals surface area (Å²) in [7, 11) is 0. The van der Waals surface area contributed by atoms with E-state index in [0.717, 1.165) is 22.0 Å². The van der Waals surface area contributed by atoms with Gasteiger partial charge < -0.3 is 10.2 Å². The molecule has 3 amide bonds. The fraction of sp³-hybridized carbons (Fsp3) is 0.269. The Morgan fingerprint density at radius 2 is 1.73 bits per heavy atom. The zero-order chi connectivity index (χ0) is 23.5. The summed E-state index contributed by atoms with van der Waals surface area (Å²) in [6, 6.07) is 17.8. The molecule has 1 heterocycles. The van der Waals surface area contributed by atoms with Crippen molar-refractivity contribution >= 4 is 45.8 Å². The molecule has 0 unspecified atom stereocenters. The van der Waals surface area contributed by atoms with E-state index in [1.165, 1.54) is 4.90 Å². The summed E-state index contributed by atoms with van der Waals surface area (Å²) in [6.45, 7) is 4.29. The second-order valence-corrected chi connectivity index (χ2v) is 8.48. The fourth-order valence-electron chi connectivity index (χ4n) is 4.36. The minimum absolute atomic E-state index is 0.143. The van der Waals surface area contributed by atoms with Crippen LogP contribution in [0.15, 0.2) is 60.7 Å². The van der Waals surface area contributed by atoms with Crippen LogP contribution in [-0.2, 0) is 16.1 Å². The highest BCUT2D eigenvalue weighted by molar-refractivity contribution is 6.30. The normalized spacial score (nSPS) is 13.3. The molecule has 3 aromatic rings. The number of anilines is 1. The molecule has 0 radical (unpaired) electrons. The van der Waals surface area contributed by atoms with Gasteiger partial charge in [-0.15, -0.1) is 0 Å². The standard InChI is InChI=1S/C26H26ClN3O3/c1-3-21(25(32)28-4-2)29(15-17-11-13-19(27)14-12-17)23(31)16-30-22-10-6-8-18-7-5-9-20(24(18)22)26(30)33/h5-14,21H,3-4,15-16H2,1-2H3,(H,28,32)/t21-/m1/s1. The lowest BCUT2D eigenvalue weighted by Crippen LogP contribution is -2.52. The fourth-order valence-corrected chi connectivity index (χ4v) is 4.49. The molecule has 170 valence electrons. The number of halogens is 1. The summed E-state index contributed by atoms with van der Waals surface area (Å²) in [5.74, 6) is -0.700. The molecule has 1 aliphatic rings. The van der Waals surface area contributed by atoms with Crippen LogP contribution < -0.4 is 10.2 Å². The van der Waals surface area contributed by atoms with E-state index in [2.05, 4.69) is 5.32 Å². The van der Waals surface area contributed by atoms with Gasteiger partial charge in [0.05, 0.1) is 5.69 Å². The number of nitrogens with one attached hydrogen (secondary N) is 1. The average Bonchev–Trinajstić information content (AvgIpc) is 3.08. The Labute approximate surface area is 198 Å². The smallest absolute Gasteiger partial charge is 0.259 e. The largest absolute Gasteiger partial charge is 0.355 e.